The maximum Gasteiger partial charge on any atom is 0.349 e. The highest BCUT2D eigenvalue weighted by Gasteiger charge is 2.15. The number of furan rings is 1. The molecule has 0 fully saturated rings. The predicted molar refractivity (Wildman–Crippen MR) is 71.6 cm³/mol. The fraction of sp³-hybridized carbons (Fsp3) is 0.231. The molecule has 0 N–H and O–H groups in total. The molecule has 3 aromatic heterocycles. The molecule has 6 heteroatoms. The number of carbonyl (C=O) groups excluding carboxylic acids is 1. The number of aromatic nitrogens is 2. The normalized spacial score (nSPS) is 11.1. The van der Waals surface area contributed by atoms with Crippen LogP contribution in [0, 0.1) is 13.8 Å². The topological polar surface area (TPSA) is 56.7 Å². The first-order valence-electron chi connectivity index (χ1n) is 5.72. The van der Waals surface area contributed by atoms with Crippen LogP contribution in [0.3, 0.4) is 0 Å². The molecule has 0 aliphatic heterocycles. The molecule has 98 valence electrons. The summed E-state index contributed by atoms with van der Waals surface area (Å²) in [6, 6.07) is 1.96. The van der Waals surface area contributed by atoms with Gasteiger partial charge in [-0.25, -0.2) is 9.78 Å². The Balaban J connectivity index is 2.06. The zero-order valence-corrected chi connectivity index (χ0v) is 11.6. The third-order valence-corrected chi connectivity index (χ3v) is 3.84. The van der Waals surface area contributed by atoms with Crippen LogP contribution in [-0.2, 0) is 4.74 Å². The largest absolute Gasteiger partial charge is 0.466 e. The van der Waals surface area contributed by atoms with Gasteiger partial charge in [-0.05, 0) is 19.9 Å². The van der Waals surface area contributed by atoms with Crippen LogP contribution >= 0.6 is 11.3 Å². The van der Waals surface area contributed by atoms with Crippen LogP contribution in [0.25, 0.3) is 16.2 Å². The lowest BCUT2D eigenvalue weighted by Gasteiger charge is -1.92. The highest BCUT2D eigenvalue weighted by atomic mass is 32.1. The first kappa shape index (κ1) is 12.0. The van der Waals surface area contributed by atoms with E-state index in [9.17, 15) is 4.79 Å². The van der Waals surface area contributed by atoms with Crippen LogP contribution in [0.2, 0.25) is 0 Å². The third-order valence-electron chi connectivity index (χ3n) is 2.86. The van der Waals surface area contributed by atoms with Gasteiger partial charge in [0.05, 0.1) is 12.8 Å². The predicted octanol–water partition coefficient (Wildman–Crippen LogP) is 3.06. The molecule has 19 heavy (non-hydrogen) atoms. The maximum absolute atomic E-state index is 11.4. The van der Waals surface area contributed by atoms with Crippen LogP contribution in [0.1, 0.15) is 21.2 Å². The van der Waals surface area contributed by atoms with Crippen molar-refractivity contribution < 1.29 is 13.9 Å². The maximum atomic E-state index is 11.4. The quantitative estimate of drug-likeness (QED) is 0.675. The Bertz CT molecular complexity index is 735. The van der Waals surface area contributed by atoms with E-state index in [1.807, 2.05) is 30.5 Å². The summed E-state index contributed by atoms with van der Waals surface area (Å²) in [5.74, 6) is 1.36. The summed E-state index contributed by atoms with van der Waals surface area (Å²) in [5, 5.41) is 0. The smallest absolute Gasteiger partial charge is 0.349 e. The van der Waals surface area contributed by atoms with Gasteiger partial charge in [-0.15, -0.1) is 0 Å². The lowest BCUT2D eigenvalue weighted by atomic mass is 10.2. The Morgan fingerprint density at radius 3 is 2.79 bits per heavy atom. The van der Waals surface area contributed by atoms with Gasteiger partial charge in [-0.1, -0.05) is 11.3 Å². The average molecular weight is 276 g/mol. The molecular weight excluding hydrogens is 264 g/mol. The lowest BCUT2D eigenvalue weighted by Crippen LogP contribution is -1.97. The van der Waals surface area contributed by atoms with Gasteiger partial charge in [0.1, 0.15) is 16.4 Å². The SMILES string of the molecule is COC(=O)c1cn2cc(-c3cc(C)oc3C)nc2s1. The van der Waals surface area contributed by atoms with E-state index in [4.69, 9.17) is 4.42 Å². The molecule has 0 atom stereocenters. The molecule has 3 rings (SSSR count). The van der Waals surface area contributed by atoms with E-state index in [1.165, 1.54) is 18.4 Å². The Morgan fingerprint density at radius 1 is 1.42 bits per heavy atom. The molecule has 5 nitrogen and oxygen atoms in total. The second kappa shape index (κ2) is 4.24. The summed E-state index contributed by atoms with van der Waals surface area (Å²) in [6.07, 6.45) is 3.61. The summed E-state index contributed by atoms with van der Waals surface area (Å²) < 4.78 is 12.0. The average Bonchev–Trinajstić information content (AvgIpc) is 3.00. The number of methoxy groups -OCH3 is 1. The summed E-state index contributed by atoms with van der Waals surface area (Å²) in [6.45, 7) is 3.82. The van der Waals surface area contributed by atoms with E-state index in [0.717, 1.165) is 27.7 Å². The number of hydrogen-bond acceptors (Lipinski definition) is 5. The summed E-state index contributed by atoms with van der Waals surface area (Å²) in [7, 11) is 1.37. The number of carbonyl (C=O) groups is 1. The molecule has 0 saturated heterocycles. The summed E-state index contributed by atoms with van der Waals surface area (Å²) >= 11 is 1.30. The fourth-order valence-corrected chi connectivity index (χ4v) is 2.89. The molecule has 0 aromatic carbocycles. The molecule has 0 unspecified atom stereocenters. The number of aryl methyl sites for hydroxylation is 2. The van der Waals surface area contributed by atoms with E-state index in [-0.39, 0.29) is 5.97 Å². The molecular formula is C13H12N2O3S. The molecule has 3 aromatic rings. The third kappa shape index (κ3) is 1.94. The molecule has 0 amide bonds. The number of nitrogens with zero attached hydrogens (tertiary/aromatic N) is 2. The fourth-order valence-electron chi connectivity index (χ4n) is 2.01. The molecule has 3 heterocycles. The van der Waals surface area contributed by atoms with Gasteiger partial charge in [0.2, 0.25) is 0 Å². The van der Waals surface area contributed by atoms with Crippen molar-refractivity contribution in [3.05, 3.63) is 34.9 Å². The van der Waals surface area contributed by atoms with Crippen LogP contribution in [-0.4, -0.2) is 22.5 Å². The summed E-state index contributed by atoms with van der Waals surface area (Å²) in [4.78, 5) is 17.2. The van der Waals surface area contributed by atoms with Crippen molar-refractivity contribution in [1.29, 1.82) is 0 Å². The number of imidazole rings is 1. The highest BCUT2D eigenvalue weighted by molar-refractivity contribution is 7.18. The van der Waals surface area contributed by atoms with Crippen LogP contribution in [0.5, 0.6) is 0 Å². The lowest BCUT2D eigenvalue weighted by molar-refractivity contribution is 0.0606. The van der Waals surface area contributed by atoms with Crippen LogP contribution in [0.15, 0.2) is 22.9 Å². The monoisotopic (exact) mass is 276 g/mol. The van der Waals surface area contributed by atoms with Crippen molar-refractivity contribution in [3.63, 3.8) is 0 Å². The van der Waals surface area contributed by atoms with Gasteiger partial charge in [0.25, 0.3) is 0 Å². The van der Waals surface area contributed by atoms with Gasteiger partial charge >= 0.3 is 5.97 Å². The first-order chi connectivity index (χ1) is 9.08. The Hall–Kier alpha value is -2.08. The zero-order chi connectivity index (χ0) is 13.6. The highest BCUT2D eigenvalue weighted by Crippen LogP contribution is 2.28. The van der Waals surface area contributed by atoms with Gasteiger partial charge in [-0.2, -0.15) is 0 Å². The van der Waals surface area contributed by atoms with E-state index in [2.05, 4.69) is 9.72 Å². The van der Waals surface area contributed by atoms with Crippen molar-refractivity contribution >= 4 is 22.3 Å². The number of rotatable bonds is 2. The van der Waals surface area contributed by atoms with E-state index in [0.29, 0.717) is 4.88 Å². The van der Waals surface area contributed by atoms with Crippen LogP contribution < -0.4 is 0 Å². The molecule has 0 aliphatic rings. The van der Waals surface area contributed by atoms with Crippen LogP contribution in [0.4, 0.5) is 0 Å². The van der Waals surface area contributed by atoms with Crippen molar-refractivity contribution in [1.82, 2.24) is 9.38 Å². The zero-order valence-electron chi connectivity index (χ0n) is 10.8. The minimum absolute atomic E-state index is 0.340. The number of esters is 1. The van der Waals surface area contributed by atoms with E-state index < -0.39 is 0 Å². The Kier molecular flexibility index (Phi) is 2.67. The molecule has 0 radical (unpaired) electrons. The van der Waals surface area contributed by atoms with Crippen molar-refractivity contribution in [2.24, 2.45) is 0 Å². The van der Waals surface area contributed by atoms with Gasteiger partial charge < -0.3 is 9.15 Å². The Morgan fingerprint density at radius 2 is 2.21 bits per heavy atom. The number of fused-ring (bicyclic) bond motifs is 1. The van der Waals surface area contributed by atoms with E-state index in [1.54, 1.807) is 6.20 Å². The van der Waals surface area contributed by atoms with Crippen molar-refractivity contribution in [3.8, 4) is 11.3 Å². The second-order valence-electron chi connectivity index (χ2n) is 4.23. The number of thiazole rings is 1. The number of hydrogen-bond donors (Lipinski definition) is 0. The Labute approximate surface area is 113 Å². The van der Waals surface area contributed by atoms with Crippen molar-refractivity contribution in [2.45, 2.75) is 13.8 Å². The molecule has 0 aliphatic carbocycles. The molecule has 0 saturated carbocycles. The second-order valence-corrected chi connectivity index (χ2v) is 5.24. The first-order valence-corrected chi connectivity index (χ1v) is 6.54. The standard InChI is InChI=1S/C13H12N2O3S/c1-7-4-9(8(2)18-7)10-5-15-6-11(12(16)17-3)19-13(15)14-10/h4-6H,1-3H3. The van der Waals surface area contributed by atoms with E-state index >= 15 is 0 Å². The van der Waals surface area contributed by atoms with Gasteiger partial charge in [0, 0.05) is 18.0 Å². The van der Waals surface area contributed by atoms with Gasteiger partial charge in [-0.3, -0.25) is 4.40 Å². The minimum atomic E-state index is -0.340. The molecule has 0 bridgehead atoms. The minimum Gasteiger partial charge on any atom is -0.466 e. The van der Waals surface area contributed by atoms with Gasteiger partial charge in [0.15, 0.2) is 4.96 Å². The summed E-state index contributed by atoms with van der Waals surface area (Å²) in [5.41, 5.74) is 1.82. The number of ether oxygens (including phenoxy) is 1. The molecule has 0 spiro atoms. The van der Waals surface area contributed by atoms with Crippen molar-refractivity contribution in [2.75, 3.05) is 7.11 Å².